The second kappa shape index (κ2) is 39.3. The molecule has 0 radical (unpaired) electrons. The largest absolute Gasteiger partial charge is 0.380 e. The van der Waals surface area contributed by atoms with E-state index in [1.807, 2.05) is 164 Å². The van der Waals surface area contributed by atoms with Crippen LogP contribution in [0.1, 0.15) is 68.7 Å². The third kappa shape index (κ3) is 18.9. The van der Waals surface area contributed by atoms with Crippen LogP contribution < -0.4 is 27.8 Å². The van der Waals surface area contributed by atoms with Gasteiger partial charge in [0.1, 0.15) is 29.1 Å². The van der Waals surface area contributed by atoms with Crippen molar-refractivity contribution in [1.29, 1.82) is 0 Å². The van der Waals surface area contributed by atoms with Crippen molar-refractivity contribution in [3.8, 4) is 112 Å². The fourth-order valence-electron chi connectivity index (χ4n) is 18.9. The molecule has 0 unspecified atom stereocenters. The van der Waals surface area contributed by atoms with E-state index in [0.717, 1.165) is 198 Å². The predicted octanol–water partition coefficient (Wildman–Crippen LogP) is 22.8. The van der Waals surface area contributed by atoms with Crippen LogP contribution in [0.5, 0.6) is 0 Å². The van der Waals surface area contributed by atoms with Crippen molar-refractivity contribution in [1.82, 2.24) is 80.1 Å². The summed E-state index contributed by atoms with van der Waals surface area (Å²) in [5.74, 6) is 0.640. The van der Waals surface area contributed by atoms with Crippen molar-refractivity contribution < 1.29 is 45.1 Å². The molecule has 6 fully saturated rings. The van der Waals surface area contributed by atoms with E-state index in [1.54, 1.807) is 129 Å². The third-order valence-corrected chi connectivity index (χ3v) is 26.8. The lowest BCUT2D eigenvalue weighted by molar-refractivity contribution is 0.0618. The number of anilines is 3. The molecule has 2 amide bonds. The number of aryl methyl sites for hydroxylation is 4. The molecule has 18 heterocycles. The minimum absolute atomic E-state index is 0.0582. The van der Waals surface area contributed by atoms with Gasteiger partial charge in [-0.1, -0.05) is 75.6 Å². The van der Waals surface area contributed by atoms with Gasteiger partial charge in [-0.05, 0) is 323 Å². The van der Waals surface area contributed by atoms with Crippen LogP contribution in [-0.2, 0) is 0 Å². The van der Waals surface area contributed by atoms with Crippen LogP contribution in [0.25, 0.3) is 156 Å². The summed E-state index contributed by atoms with van der Waals surface area (Å²) in [6, 6.07) is 69.1. The monoisotopic (exact) mass is 1890 g/mol. The Hall–Kier alpha value is -16.5. The number of rotatable bonds is 14. The zero-order valence-corrected chi connectivity index (χ0v) is 77.1. The number of benzene rings is 8. The van der Waals surface area contributed by atoms with E-state index in [9.17, 15) is 31.5 Å². The van der Waals surface area contributed by atoms with Gasteiger partial charge in [0.2, 0.25) is 0 Å². The Morgan fingerprint density at radius 2 is 0.657 bits per heavy atom. The maximum absolute atomic E-state index is 13.8. The smallest absolute Gasteiger partial charge is 0.255 e. The molecule has 8 N–H and O–H groups in total. The Morgan fingerprint density at radius 3 is 0.993 bits per heavy atom. The molecular formula is C110H91ClF5N19O5. The molecule has 0 spiro atoms. The molecule has 24 nitrogen and oxygen atoms in total. The number of amides is 2. The van der Waals surface area contributed by atoms with E-state index < -0.39 is 5.82 Å². The Balaban J connectivity index is 0.000000109. The molecule has 6 aliphatic rings. The fourth-order valence-corrected chi connectivity index (χ4v) is 19.1. The van der Waals surface area contributed by atoms with Crippen LogP contribution in [0.3, 0.4) is 0 Å². The molecule has 6 aliphatic heterocycles. The van der Waals surface area contributed by atoms with E-state index in [4.69, 9.17) is 42.4 Å². The SMILES string of the molecule is Cc1cc(-c2ncccc2-c2ccc3c(N)noc3c2)ccc1F.Cc1cc(-c2ncccc2-c2ccc3onc(N)c3c2)ccc1F.Cc1cc(-c2ncccc2-c2ccn3ncc(C(=O)N[C@@H]4CN5CCC4CC5)c3c2)ccc1F.Cc1cc(-c2ncccc2-c2ccn3ncc(C(=O)N[C@H]4CN5CCC4CC5)c3c2)ccc1F.Nc1noc2ccc(-c3cccnc3-c3ccc(F)c(Cl)c3)cc12. The number of hydrogen-bond acceptors (Lipinski definition) is 20. The molecule has 12 aromatic heterocycles. The third-order valence-electron chi connectivity index (χ3n) is 26.5. The molecule has 140 heavy (non-hydrogen) atoms. The second-order valence-corrected chi connectivity index (χ2v) is 35.8. The molecule has 0 aliphatic carbocycles. The Morgan fingerprint density at radius 1 is 0.350 bits per heavy atom. The molecule has 4 bridgehead atoms. The summed E-state index contributed by atoms with van der Waals surface area (Å²) >= 11 is 5.91. The highest BCUT2D eigenvalue weighted by atomic mass is 35.5. The van der Waals surface area contributed by atoms with Gasteiger partial charge in [-0.3, -0.25) is 34.5 Å². The van der Waals surface area contributed by atoms with E-state index >= 15 is 0 Å². The normalized spacial score (nSPS) is 16.2. The first-order valence-corrected chi connectivity index (χ1v) is 46.2. The average Bonchev–Trinajstić information content (AvgIpc) is 1.55. The molecular weight excluding hydrogens is 1800 g/mol. The summed E-state index contributed by atoms with van der Waals surface area (Å²) in [5, 5.41) is 29.0. The van der Waals surface area contributed by atoms with Gasteiger partial charge in [0.25, 0.3) is 11.8 Å². The predicted molar refractivity (Wildman–Crippen MR) is 534 cm³/mol. The van der Waals surface area contributed by atoms with E-state index in [-0.39, 0.29) is 52.2 Å². The highest BCUT2D eigenvalue weighted by molar-refractivity contribution is 6.31. The minimum Gasteiger partial charge on any atom is -0.380 e. The van der Waals surface area contributed by atoms with Crippen molar-refractivity contribution >= 4 is 84.8 Å². The minimum atomic E-state index is -0.462. The van der Waals surface area contributed by atoms with Gasteiger partial charge in [0.05, 0.1) is 84.2 Å². The van der Waals surface area contributed by atoms with Crippen LogP contribution in [-0.4, -0.2) is 133 Å². The number of pyridine rings is 7. The maximum atomic E-state index is 13.8. The standard InChI is InChI=1S/2C27H26FN5O.2C19H14FN3O.C18H11ClFN3O/c2*1-17-13-20(4-5-23(17)28)26-21(3-2-9-29-26)19-8-12-33-25(14-19)22(15-30-33)27(34)31-24-16-32-10-6-18(24)7-11-32;1-11-9-13(4-6-16(11)20)18-14(3-2-8-22-18)12-5-7-17-15(10-12)19(21)23-24-17;1-11-9-13(5-7-16(11)20)18-14(3-2-8-22-18)12-4-6-15-17(10-12)24-23-19(15)21;19-14-9-11(3-5-15(14)20)17-12(2-1-7-22-17)10-4-6-16-13(8-10)18(21)23-24-16/h2*2-5,8-9,12-15,18,24H,6-7,10-11,16H2,1H3,(H,31,34);2*2-10H,1H3,(H2,21,23);1-9H,(H2,21,23)/t2*24-;;;/m10.../s1. The Labute approximate surface area is 804 Å². The summed E-state index contributed by atoms with van der Waals surface area (Å²) in [6.07, 6.45) is 20.2. The number of carbonyl (C=O) groups is 2. The highest BCUT2D eigenvalue weighted by Crippen LogP contribution is 2.42. The average molecular weight is 1890 g/mol. The first-order chi connectivity index (χ1) is 68.0. The quantitative estimate of drug-likeness (QED) is 0.0632. The number of nitrogens with two attached hydrogens (primary N) is 3. The lowest BCUT2D eigenvalue weighted by atomic mass is 9.84. The van der Waals surface area contributed by atoms with Gasteiger partial charge in [-0.15, -0.1) is 0 Å². The van der Waals surface area contributed by atoms with Crippen LogP contribution in [0.4, 0.5) is 39.4 Å². The van der Waals surface area contributed by atoms with Crippen LogP contribution >= 0.6 is 11.6 Å². The lowest BCUT2D eigenvalue weighted by Crippen LogP contribution is -2.57. The van der Waals surface area contributed by atoms with Crippen molar-refractivity contribution in [3.63, 3.8) is 0 Å². The zero-order chi connectivity index (χ0) is 96.5. The number of nitrogens with one attached hydrogen (secondary N) is 2. The summed E-state index contributed by atoms with van der Waals surface area (Å²) in [4.78, 5) is 53.9. The van der Waals surface area contributed by atoms with Gasteiger partial charge in [0.15, 0.2) is 34.2 Å². The zero-order valence-electron chi connectivity index (χ0n) is 76.3. The molecule has 698 valence electrons. The first-order valence-electron chi connectivity index (χ1n) is 45.8. The number of hydrogen-bond donors (Lipinski definition) is 5. The van der Waals surface area contributed by atoms with Gasteiger partial charge < -0.3 is 51.2 Å². The van der Waals surface area contributed by atoms with Crippen molar-refractivity contribution in [2.45, 2.75) is 65.5 Å². The van der Waals surface area contributed by atoms with Gasteiger partial charge in [0, 0.05) is 124 Å². The van der Waals surface area contributed by atoms with Crippen LogP contribution in [0, 0.1) is 68.6 Å². The number of carbonyl (C=O) groups excluding carboxylic acids is 2. The number of fused-ring (bicyclic) bond motifs is 11. The summed E-state index contributed by atoms with van der Waals surface area (Å²) < 4.78 is 87.2. The van der Waals surface area contributed by atoms with E-state index in [2.05, 4.69) is 71.0 Å². The molecule has 6 saturated heterocycles. The van der Waals surface area contributed by atoms with Crippen molar-refractivity contribution in [2.24, 2.45) is 11.8 Å². The molecule has 2 atom stereocenters. The molecule has 26 rings (SSSR count). The lowest BCUT2D eigenvalue weighted by Gasteiger charge is -2.44. The topological polar surface area (TPSA) is 320 Å². The van der Waals surface area contributed by atoms with Gasteiger partial charge >= 0.3 is 0 Å². The second-order valence-electron chi connectivity index (χ2n) is 35.4. The Bertz CT molecular complexity index is 7740. The van der Waals surface area contributed by atoms with Crippen LogP contribution in [0.15, 0.2) is 300 Å². The maximum Gasteiger partial charge on any atom is 0.255 e. The van der Waals surface area contributed by atoms with Crippen LogP contribution in [0.2, 0.25) is 5.02 Å². The number of nitrogen functional groups attached to an aromatic ring is 3. The molecule has 0 saturated carbocycles. The summed E-state index contributed by atoms with van der Waals surface area (Å²) in [6.45, 7) is 13.4. The first kappa shape index (κ1) is 91.3. The van der Waals surface area contributed by atoms with Crippen molar-refractivity contribution in [3.05, 3.63) is 354 Å². The molecule has 30 heteroatoms. The highest BCUT2D eigenvalue weighted by Gasteiger charge is 2.37. The Kier molecular flexibility index (Phi) is 25.6. The number of piperidine rings is 6. The summed E-state index contributed by atoms with van der Waals surface area (Å²) in [7, 11) is 0. The molecule has 8 aromatic carbocycles. The van der Waals surface area contributed by atoms with E-state index in [0.29, 0.717) is 85.1 Å². The number of halogens is 6. The summed E-state index contributed by atoms with van der Waals surface area (Å²) in [5.41, 5.74) is 41.5. The fraction of sp³-hybridized carbons (Fsp3) is 0.164. The number of nitrogens with zero attached hydrogens (tertiary/aromatic N) is 14. The van der Waals surface area contributed by atoms with Gasteiger partial charge in [-0.2, -0.15) is 10.2 Å². The number of aromatic nitrogens is 12. The van der Waals surface area contributed by atoms with Crippen molar-refractivity contribution in [2.75, 3.05) is 56.5 Å². The van der Waals surface area contributed by atoms with E-state index in [1.165, 1.54) is 30.3 Å². The van der Waals surface area contributed by atoms with Gasteiger partial charge in [-0.25, -0.2) is 31.0 Å². The molecule has 20 aromatic rings.